The molecule has 8 heteroatoms. The van der Waals surface area contributed by atoms with Gasteiger partial charge >= 0.3 is 0 Å². The Labute approximate surface area is 102 Å². The molecule has 3 N–H and O–H groups in total. The number of hydrogen-bond donors (Lipinski definition) is 2. The maximum Gasteiger partial charge on any atom is 0.265 e. The van der Waals surface area contributed by atoms with Crippen molar-refractivity contribution >= 4 is 43.2 Å². The fourth-order valence-electron chi connectivity index (χ4n) is 1.31. The van der Waals surface area contributed by atoms with E-state index >= 15 is 0 Å². The summed E-state index contributed by atoms with van der Waals surface area (Å²) in [7, 11) is -3.78. The molecule has 0 bridgehead atoms. The van der Waals surface area contributed by atoms with Crippen LogP contribution in [0.4, 0.5) is 5.69 Å². The Hall–Kier alpha value is -1.51. The molecule has 1 amide bonds. The molecule has 0 spiro atoms. The first kappa shape index (κ1) is 12.0. The molecule has 1 heterocycles. The monoisotopic (exact) mass is 271 g/mol. The van der Waals surface area contributed by atoms with E-state index in [1.54, 1.807) is 18.2 Å². The third-order valence-electron chi connectivity index (χ3n) is 1.93. The van der Waals surface area contributed by atoms with Gasteiger partial charge in [-0.05, 0) is 18.2 Å². The van der Waals surface area contributed by atoms with Crippen LogP contribution in [0.1, 0.15) is 6.92 Å². The highest BCUT2D eigenvalue weighted by Gasteiger charge is 2.14. The quantitative estimate of drug-likeness (QED) is 0.847. The van der Waals surface area contributed by atoms with E-state index in [1.807, 2.05) is 0 Å². The highest BCUT2D eigenvalue weighted by Crippen LogP contribution is 2.27. The maximum atomic E-state index is 11.1. The molecule has 0 aliphatic carbocycles. The average Bonchev–Trinajstić information content (AvgIpc) is 2.58. The molecule has 0 aliphatic rings. The van der Waals surface area contributed by atoms with Crippen molar-refractivity contribution in [2.45, 2.75) is 11.3 Å². The van der Waals surface area contributed by atoms with Crippen LogP contribution in [0.15, 0.2) is 22.5 Å². The van der Waals surface area contributed by atoms with Crippen molar-refractivity contribution in [2.75, 3.05) is 5.32 Å². The summed E-state index contributed by atoms with van der Waals surface area (Å²) in [5, 5.41) is 7.59. The summed E-state index contributed by atoms with van der Waals surface area (Å²) >= 11 is 0.970. The number of primary sulfonamides is 1. The zero-order valence-electron chi connectivity index (χ0n) is 8.80. The SMILES string of the molecule is CC(=O)Nc1ccc2nc(S(N)(=O)=O)sc2c1. The molecule has 0 aliphatic heterocycles. The average molecular weight is 271 g/mol. The minimum absolute atomic E-state index is 0.132. The molecule has 0 unspecified atom stereocenters. The van der Waals surface area contributed by atoms with E-state index in [0.29, 0.717) is 15.9 Å². The zero-order chi connectivity index (χ0) is 12.6. The largest absolute Gasteiger partial charge is 0.326 e. The molecule has 0 radical (unpaired) electrons. The summed E-state index contributed by atoms with van der Waals surface area (Å²) in [5.74, 6) is -0.194. The number of sulfonamides is 1. The fraction of sp³-hybridized carbons (Fsp3) is 0.111. The predicted molar refractivity (Wildman–Crippen MR) is 65.3 cm³/mol. The number of amides is 1. The molecule has 0 saturated carbocycles. The third kappa shape index (κ3) is 2.60. The summed E-state index contributed by atoms with van der Waals surface area (Å²) in [5.41, 5.74) is 1.13. The molecule has 0 saturated heterocycles. The van der Waals surface area contributed by atoms with Crippen molar-refractivity contribution < 1.29 is 13.2 Å². The predicted octanol–water partition coefficient (Wildman–Crippen LogP) is 0.902. The minimum Gasteiger partial charge on any atom is -0.326 e. The van der Waals surface area contributed by atoms with Crippen LogP contribution < -0.4 is 10.5 Å². The lowest BCUT2D eigenvalue weighted by molar-refractivity contribution is -0.114. The van der Waals surface area contributed by atoms with Gasteiger partial charge in [0.1, 0.15) is 0 Å². The van der Waals surface area contributed by atoms with Gasteiger partial charge in [0.05, 0.1) is 10.2 Å². The van der Waals surface area contributed by atoms with Crippen LogP contribution >= 0.6 is 11.3 Å². The number of thiazole rings is 1. The van der Waals surface area contributed by atoms with Gasteiger partial charge in [0.25, 0.3) is 10.0 Å². The van der Waals surface area contributed by atoms with E-state index in [0.717, 1.165) is 11.3 Å². The Morgan fingerprint density at radius 1 is 1.47 bits per heavy atom. The molecular formula is C9H9N3O3S2. The van der Waals surface area contributed by atoms with Crippen LogP contribution in [0, 0.1) is 0 Å². The van der Waals surface area contributed by atoms with Crippen molar-refractivity contribution in [1.82, 2.24) is 4.98 Å². The maximum absolute atomic E-state index is 11.1. The van der Waals surface area contributed by atoms with Gasteiger partial charge in [0.2, 0.25) is 10.2 Å². The summed E-state index contributed by atoms with van der Waals surface area (Å²) in [6, 6.07) is 4.94. The van der Waals surface area contributed by atoms with E-state index in [1.165, 1.54) is 6.92 Å². The topological polar surface area (TPSA) is 102 Å². The number of fused-ring (bicyclic) bond motifs is 1. The van der Waals surface area contributed by atoms with E-state index in [9.17, 15) is 13.2 Å². The summed E-state index contributed by atoms with van der Waals surface area (Å²) in [4.78, 5) is 14.8. The van der Waals surface area contributed by atoms with Gasteiger partial charge in [-0.1, -0.05) is 0 Å². The van der Waals surface area contributed by atoms with Gasteiger partial charge in [-0.15, -0.1) is 11.3 Å². The fourth-order valence-corrected chi connectivity index (χ4v) is 3.00. The minimum atomic E-state index is -3.78. The van der Waals surface area contributed by atoms with Gasteiger partial charge in [0.15, 0.2) is 0 Å². The molecule has 1 aromatic carbocycles. The van der Waals surface area contributed by atoms with Crippen LogP contribution in [0.3, 0.4) is 0 Å². The molecule has 0 fully saturated rings. The number of carbonyl (C=O) groups is 1. The second kappa shape index (κ2) is 4.06. The van der Waals surface area contributed by atoms with E-state index in [-0.39, 0.29) is 10.2 Å². The lowest BCUT2D eigenvalue weighted by Crippen LogP contribution is -2.11. The second-order valence-corrected chi connectivity index (χ2v) is 6.15. The number of rotatable bonds is 2. The van der Waals surface area contributed by atoms with E-state index in [4.69, 9.17) is 5.14 Å². The smallest absolute Gasteiger partial charge is 0.265 e. The van der Waals surface area contributed by atoms with Crippen molar-refractivity contribution in [3.63, 3.8) is 0 Å². The van der Waals surface area contributed by atoms with Gasteiger partial charge in [-0.3, -0.25) is 4.79 Å². The van der Waals surface area contributed by atoms with Gasteiger partial charge < -0.3 is 5.32 Å². The number of nitrogens with zero attached hydrogens (tertiary/aromatic N) is 1. The van der Waals surface area contributed by atoms with Crippen LogP contribution in [-0.4, -0.2) is 19.3 Å². The summed E-state index contributed by atoms with van der Waals surface area (Å²) in [6.07, 6.45) is 0. The highest BCUT2D eigenvalue weighted by molar-refractivity contribution is 7.91. The van der Waals surface area contributed by atoms with Crippen LogP contribution in [0.5, 0.6) is 0 Å². The van der Waals surface area contributed by atoms with E-state index < -0.39 is 10.0 Å². The molecule has 0 atom stereocenters. The number of hydrogen-bond acceptors (Lipinski definition) is 5. The highest BCUT2D eigenvalue weighted by atomic mass is 32.2. The third-order valence-corrected chi connectivity index (χ3v) is 4.27. The molecule has 2 aromatic rings. The zero-order valence-corrected chi connectivity index (χ0v) is 10.4. The van der Waals surface area contributed by atoms with E-state index in [2.05, 4.69) is 10.3 Å². The van der Waals surface area contributed by atoms with Gasteiger partial charge in [-0.25, -0.2) is 18.5 Å². The molecule has 2 rings (SSSR count). The standard InChI is InChI=1S/C9H9N3O3S2/c1-5(13)11-6-2-3-7-8(4-6)16-9(12-7)17(10,14)15/h2-4H,1H3,(H,11,13)(H2,10,14,15). The molecule has 6 nitrogen and oxygen atoms in total. The van der Waals surface area contributed by atoms with Crippen molar-refractivity contribution in [1.29, 1.82) is 0 Å². The van der Waals surface area contributed by atoms with Crippen LogP contribution in [0.25, 0.3) is 10.2 Å². The number of benzene rings is 1. The lowest BCUT2D eigenvalue weighted by Gasteiger charge is -1.99. The number of carbonyl (C=O) groups excluding carboxylic acids is 1. The van der Waals surface area contributed by atoms with Crippen LogP contribution in [-0.2, 0) is 14.8 Å². The Balaban J connectivity index is 2.52. The van der Waals surface area contributed by atoms with Crippen molar-refractivity contribution in [3.8, 4) is 0 Å². The number of aromatic nitrogens is 1. The summed E-state index contributed by atoms with van der Waals surface area (Å²) in [6.45, 7) is 1.40. The van der Waals surface area contributed by atoms with Crippen LogP contribution in [0.2, 0.25) is 0 Å². The van der Waals surface area contributed by atoms with Crippen molar-refractivity contribution in [3.05, 3.63) is 18.2 Å². The first-order valence-corrected chi connectivity index (χ1v) is 6.93. The van der Waals surface area contributed by atoms with Gasteiger partial charge in [0, 0.05) is 12.6 Å². The number of nitrogens with two attached hydrogens (primary N) is 1. The molecular weight excluding hydrogens is 262 g/mol. The normalized spacial score (nSPS) is 11.6. The Kier molecular flexibility index (Phi) is 2.86. The Morgan fingerprint density at radius 3 is 2.76 bits per heavy atom. The lowest BCUT2D eigenvalue weighted by atomic mass is 10.3. The molecule has 17 heavy (non-hydrogen) atoms. The Bertz CT molecular complexity index is 691. The second-order valence-electron chi connectivity index (χ2n) is 3.39. The van der Waals surface area contributed by atoms with Gasteiger partial charge in [-0.2, -0.15) is 0 Å². The number of anilines is 1. The van der Waals surface area contributed by atoms with Crippen molar-refractivity contribution in [2.24, 2.45) is 5.14 Å². The first-order valence-electron chi connectivity index (χ1n) is 4.57. The molecule has 1 aromatic heterocycles. The first-order chi connectivity index (χ1) is 7.86. The Morgan fingerprint density at radius 2 is 2.18 bits per heavy atom. The molecule has 90 valence electrons. The number of nitrogens with one attached hydrogen (secondary N) is 1. The summed E-state index contributed by atoms with van der Waals surface area (Å²) < 4.78 is 22.8.